The van der Waals surface area contributed by atoms with Crippen molar-refractivity contribution >= 4 is 40.8 Å². The number of nitrogens with zero attached hydrogens (tertiary/aromatic N) is 1. The third kappa shape index (κ3) is 4.27. The minimum absolute atomic E-state index is 0.0446. The van der Waals surface area contributed by atoms with Gasteiger partial charge < -0.3 is 25.2 Å². The summed E-state index contributed by atoms with van der Waals surface area (Å²) in [4.78, 5) is 37.7. The Bertz CT molecular complexity index is 1000. The average molecular weight is 419 g/mol. The summed E-state index contributed by atoms with van der Waals surface area (Å²) >= 11 is 6.04. The highest BCUT2D eigenvalue weighted by Gasteiger charge is 2.40. The monoisotopic (exact) mass is 418 g/mol. The topological polar surface area (TPSA) is 116 Å². The van der Waals surface area contributed by atoms with Gasteiger partial charge in [-0.1, -0.05) is 11.6 Å². The van der Waals surface area contributed by atoms with Gasteiger partial charge in [-0.05, 0) is 50.2 Å². The lowest BCUT2D eigenvalue weighted by Gasteiger charge is -2.38. The second-order valence-corrected chi connectivity index (χ2v) is 7.45. The van der Waals surface area contributed by atoms with Gasteiger partial charge in [0.15, 0.2) is 5.60 Å². The fraction of sp³-hybridized carbons (Fsp3) is 0.250. The van der Waals surface area contributed by atoms with Crippen molar-refractivity contribution in [1.29, 1.82) is 0 Å². The van der Waals surface area contributed by atoms with Gasteiger partial charge in [0.2, 0.25) is 5.91 Å². The van der Waals surface area contributed by atoms with Crippen LogP contribution in [0, 0.1) is 0 Å². The van der Waals surface area contributed by atoms with Crippen molar-refractivity contribution < 1.29 is 29.3 Å². The van der Waals surface area contributed by atoms with Crippen LogP contribution in [0.1, 0.15) is 30.6 Å². The SMILES string of the molecule is CC1(C)Oc2ccc(Cl)cc2N(CCC(=O)Nc2ccc(O)c(C(=O)O)c2)C1=O. The molecule has 0 spiro atoms. The molecule has 1 aliphatic rings. The minimum Gasteiger partial charge on any atom is -0.507 e. The summed E-state index contributed by atoms with van der Waals surface area (Å²) in [6.45, 7) is 3.36. The molecule has 29 heavy (non-hydrogen) atoms. The fourth-order valence-electron chi connectivity index (χ4n) is 2.98. The van der Waals surface area contributed by atoms with Crippen LogP contribution in [0.25, 0.3) is 0 Å². The molecule has 2 aromatic carbocycles. The fourth-order valence-corrected chi connectivity index (χ4v) is 3.15. The van der Waals surface area contributed by atoms with Crippen LogP contribution in [-0.4, -0.2) is 40.1 Å². The molecule has 8 nitrogen and oxygen atoms in total. The number of hydrogen-bond donors (Lipinski definition) is 3. The summed E-state index contributed by atoms with van der Waals surface area (Å²) in [5.74, 6) is -1.95. The molecule has 0 saturated heterocycles. The first kappa shape index (κ1) is 20.5. The Balaban J connectivity index is 1.74. The maximum absolute atomic E-state index is 12.8. The summed E-state index contributed by atoms with van der Waals surface area (Å²) in [5, 5.41) is 21.6. The van der Waals surface area contributed by atoms with E-state index in [1.54, 1.807) is 32.0 Å². The lowest BCUT2D eigenvalue weighted by Crippen LogP contribution is -2.53. The van der Waals surface area contributed by atoms with E-state index < -0.39 is 23.2 Å². The van der Waals surface area contributed by atoms with Crippen molar-refractivity contribution in [2.45, 2.75) is 25.9 Å². The third-order valence-electron chi connectivity index (χ3n) is 4.41. The van der Waals surface area contributed by atoms with E-state index in [-0.39, 0.29) is 30.1 Å². The number of carboxylic acid groups (broad SMARTS) is 1. The molecule has 2 aromatic rings. The molecular weight excluding hydrogens is 400 g/mol. The van der Waals surface area contributed by atoms with Crippen molar-refractivity contribution in [3.63, 3.8) is 0 Å². The molecule has 0 aliphatic carbocycles. The van der Waals surface area contributed by atoms with Gasteiger partial charge in [-0.3, -0.25) is 9.59 Å². The van der Waals surface area contributed by atoms with Gasteiger partial charge >= 0.3 is 5.97 Å². The van der Waals surface area contributed by atoms with Crippen molar-refractivity contribution in [1.82, 2.24) is 0 Å². The van der Waals surface area contributed by atoms with Crippen molar-refractivity contribution in [3.05, 3.63) is 47.0 Å². The van der Waals surface area contributed by atoms with E-state index in [2.05, 4.69) is 5.32 Å². The maximum atomic E-state index is 12.8. The highest BCUT2D eigenvalue weighted by Crippen LogP contribution is 2.39. The van der Waals surface area contributed by atoms with Crippen LogP contribution in [-0.2, 0) is 9.59 Å². The van der Waals surface area contributed by atoms with Crippen LogP contribution in [0.5, 0.6) is 11.5 Å². The van der Waals surface area contributed by atoms with Gasteiger partial charge in [-0.2, -0.15) is 0 Å². The van der Waals surface area contributed by atoms with Crippen LogP contribution < -0.4 is 15.0 Å². The zero-order chi connectivity index (χ0) is 21.3. The first-order valence-electron chi connectivity index (χ1n) is 8.75. The summed E-state index contributed by atoms with van der Waals surface area (Å²) in [6, 6.07) is 8.66. The smallest absolute Gasteiger partial charge is 0.339 e. The number of halogens is 1. The number of aromatic hydroxyl groups is 1. The van der Waals surface area contributed by atoms with Crippen molar-refractivity contribution in [2.75, 3.05) is 16.8 Å². The first-order valence-corrected chi connectivity index (χ1v) is 9.13. The largest absolute Gasteiger partial charge is 0.507 e. The van der Waals surface area contributed by atoms with Gasteiger partial charge in [0.1, 0.15) is 17.1 Å². The van der Waals surface area contributed by atoms with E-state index in [4.69, 9.17) is 21.4 Å². The normalized spacial score (nSPS) is 14.7. The van der Waals surface area contributed by atoms with Crippen molar-refractivity contribution in [3.8, 4) is 11.5 Å². The van der Waals surface area contributed by atoms with Gasteiger partial charge in [0.05, 0.1) is 5.69 Å². The van der Waals surface area contributed by atoms with E-state index in [0.717, 1.165) is 6.07 Å². The molecule has 1 heterocycles. The number of hydrogen-bond acceptors (Lipinski definition) is 5. The Hall–Kier alpha value is -3.26. The number of aromatic carboxylic acids is 1. The first-order chi connectivity index (χ1) is 13.6. The lowest BCUT2D eigenvalue weighted by atomic mass is 10.0. The van der Waals surface area contributed by atoms with E-state index in [9.17, 15) is 19.5 Å². The molecule has 2 amide bonds. The standard InChI is InChI=1S/C20H19ClN2O6/c1-20(2)19(28)23(14-9-11(21)3-6-16(14)29-20)8-7-17(25)22-12-4-5-15(24)13(10-12)18(26)27/h3-6,9-10,24H,7-8H2,1-2H3,(H,22,25)(H,26,27). The van der Waals surface area contributed by atoms with Crippen LogP contribution >= 0.6 is 11.6 Å². The Labute approximate surface area is 171 Å². The Morgan fingerprint density at radius 2 is 1.93 bits per heavy atom. The number of ether oxygens (including phenoxy) is 1. The van der Waals surface area contributed by atoms with Gasteiger partial charge in [0, 0.05) is 23.7 Å². The Kier molecular flexibility index (Phi) is 5.39. The lowest BCUT2D eigenvalue weighted by molar-refractivity contribution is -0.132. The zero-order valence-electron chi connectivity index (χ0n) is 15.7. The van der Waals surface area contributed by atoms with Gasteiger partial charge in [-0.25, -0.2) is 4.79 Å². The number of nitrogens with one attached hydrogen (secondary N) is 1. The summed E-state index contributed by atoms with van der Waals surface area (Å²) < 4.78 is 5.74. The molecule has 0 fully saturated rings. The predicted octanol–water partition coefficient (Wildman–Crippen LogP) is 3.28. The Morgan fingerprint density at radius 1 is 1.21 bits per heavy atom. The number of carboxylic acids is 1. The molecule has 0 radical (unpaired) electrons. The number of benzene rings is 2. The maximum Gasteiger partial charge on any atom is 0.339 e. The summed E-state index contributed by atoms with van der Waals surface area (Å²) in [6.07, 6.45) is -0.0446. The number of fused-ring (bicyclic) bond motifs is 1. The molecule has 3 N–H and O–H groups in total. The second-order valence-electron chi connectivity index (χ2n) is 7.02. The number of anilines is 2. The average Bonchev–Trinajstić information content (AvgIpc) is 2.64. The number of amides is 2. The quantitative estimate of drug-likeness (QED) is 0.641. The van der Waals surface area contributed by atoms with Gasteiger partial charge in [0.25, 0.3) is 5.91 Å². The van der Waals surface area contributed by atoms with Crippen LogP contribution in [0.4, 0.5) is 11.4 Å². The molecule has 0 unspecified atom stereocenters. The van der Waals surface area contributed by atoms with Crippen LogP contribution in [0.3, 0.4) is 0 Å². The molecule has 1 aliphatic heterocycles. The summed E-state index contributed by atoms with van der Waals surface area (Å²) in [5.41, 5.74) is -0.712. The van der Waals surface area contributed by atoms with E-state index in [1.807, 2.05) is 0 Å². The molecule has 9 heteroatoms. The third-order valence-corrected chi connectivity index (χ3v) is 4.65. The molecule has 0 aromatic heterocycles. The van der Waals surface area contributed by atoms with Gasteiger partial charge in [-0.15, -0.1) is 0 Å². The molecular formula is C20H19ClN2O6. The molecule has 0 atom stereocenters. The van der Waals surface area contributed by atoms with E-state index in [1.165, 1.54) is 17.0 Å². The highest BCUT2D eigenvalue weighted by atomic mass is 35.5. The molecule has 152 valence electrons. The number of carbonyl (C=O) groups is 3. The molecule has 0 saturated carbocycles. The minimum atomic E-state index is -1.31. The molecule has 0 bridgehead atoms. The van der Waals surface area contributed by atoms with E-state index in [0.29, 0.717) is 16.5 Å². The zero-order valence-corrected chi connectivity index (χ0v) is 16.5. The second kappa shape index (κ2) is 7.63. The number of phenols is 1. The predicted molar refractivity (Wildman–Crippen MR) is 107 cm³/mol. The highest BCUT2D eigenvalue weighted by molar-refractivity contribution is 6.31. The van der Waals surface area contributed by atoms with E-state index >= 15 is 0 Å². The van der Waals surface area contributed by atoms with Crippen LogP contribution in [0.15, 0.2) is 36.4 Å². The summed E-state index contributed by atoms with van der Waals surface area (Å²) in [7, 11) is 0. The van der Waals surface area contributed by atoms with Crippen LogP contribution in [0.2, 0.25) is 5.02 Å². The van der Waals surface area contributed by atoms with Crippen molar-refractivity contribution in [2.24, 2.45) is 0 Å². The number of carbonyl (C=O) groups excluding carboxylic acids is 2. The Morgan fingerprint density at radius 3 is 2.62 bits per heavy atom. The number of rotatable bonds is 5. The molecule has 3 rings (SSSR count).